The number of nitrogens with zero attached hydrogens (tertiary/aromatic N) is 2. The van der Waals surface area contributed by atoms with E-state index in [0.717, 1.165) is 19.0 Å². The first kappa shape index (κ1) is 16.9. The van der Waals surface area contributed by atoms with Gasteiger partial charge in [0.1, 0.15) is 0 Å². The summed E-state index contributed by atoms with van der Waals surface area (Å²) in [5, 5.41) is 1.55. The van der Waals surface area contributed by atoms with Crippen molar-refractivity contribution in [2.45, 2.75) is 52.1 Å². The van der Waals surface area contributed by atoms with E-state index in [4.69, 9.17) is 0 Å². The van der Waals surface area contributed by atoms with Crippen molar-refractivity contribution < 1.29 is 0 Å². The molecule has 0 aliphatic carbocycles. The second kappa shape index (κ2) is 6.76. The number of hydrogen-bond donors (Lipinski definition) is 0. The van der Waals surface area contributed by atoms with Crippen LogP contribution in [-0.4, -0.2) is 34.1 Å². The van der Waals surface area contributed by atoms with Crippen LogP contribution in [0.4, 0.5) is 0 Å². The predicted molar refractivity (Wildman–Crippen MR) is 113 cm³/mol. The Kier molecular flexibility index (Phi) is 4.41. The summed E-state index contributed by atoms with van der Waals surface area (Å²) in [6, 6.07) is 7.12. The van der Waals surface area contributed by atoms with Crippen molar-refractivity contribution in [3.05, 3.63) is 46.7 Å². The molecule has 0 amide bonds. The lowest BCUT2D eigenvalue weighted by Crippen LogP contribution is -2.26. The van der Waals surface area contributed by atoms with Crippen molar-refractivity contribution in [1.29, 1.82) is 0 Å². The van der Waals surface area contributed by atoms with Gasteiger partial charge in [0.15, 0.2) is 0 Å². The van der Waals surface area contributed by atoms with Gasteiger partial charge in [0.25, 0.3) is 0 Å². The average molecular weight is 367 g/mol. The van der Waals surface area contributed by atoms with Crippen LogP contribution in [0.15, 0.2) is 29.8 Å². The number of aromatic nitrogens is 1. The summed E-state index contributed by atoms with van der Waals surface area (Å²) >= 11 is 2.09. The van der Waals surface area contributed by atoms with Crippen LogP contribution in [0.5, 0.6) is 0 Å². The molecule has 2 bridgehead atoms. The fourth-order valence-corrected chi connectivity index (χ4v) is 6.33. The number of fused-ring (bicyclic) bond motifs is 6. The minimum Gasteiger partial charge on any atom is -0.343 e. The van der Waals surface area contributed by atoms with E-state index in [2.05, 4.69) is 59.4 Å². The van der Waals surface area contributed by atoms with Gasteiger partial charge in [-0.2, -0.15) is 11.8 Å². The lowest BCUT2D eigenvalue weighted by atomic mass is 9.93. The van der Waals surface area contributed by atoms with Gasteiger partial charge < -0.3 is 4.57 Å². The first-order chi connectivity index (χ1) is 12.7. The maximum atomic E-state index is 2.67. The van der Waals surface area contributed by atoms with Gasteiger partial charge in [-0.25, -0.2) is 0 Å². The Morgan fingerprint density at radius 1 is 1.35 bits per heavy atom. The van der Waals surface area contributed by atoms with E-state index in [1.165, 1.54) is 54.9 Å². The minimum atomic E-state index is 0.683. The monoisotopic (exact) mass is 366 g/mol. The van der Waals surface area contributed by atoms with Gasteiger partial charge in [-0.15, -0.1) is 0 Å². The van der Waals surface area contributed by atoms with Crippen LogP contribution < -0.4 is 0 Å². The molecule has 3 heteroatoms. The number of aryl methyl sites for hydroxylation is 2. The minimum absolute atomic E-state index is 0.683. The van der Waals surface area contributed by atoms with Crippen LogP contribution in [0.25, 0.3) is 10.9 Å². The Balaban J connectivity index is 1.47. The molecule has 26 heavy (non-hydrogen) atoms. The van der Waals surface area contributed by atoms with Crippen molar-refractivity contribution >= 4 is 22.7 Å². The van der Waals surface area contributed by atoms with E-state index in [1.807, 2.05) is 0 Å². The van der Waals surface area contributed by atoms with Gasteiger partial charge in [0.2, 0.25) is 0 Å². The van der Waals surface area contributed by atoms with Gasteiger partial charge in [-0.05, 0) is 62.1 Å². The molecule has 1 aromatic carbocycles. The molecule has 0 radical (unpaired) electrons. The largest absolute Gasteiger partial charge is 0.343 e. The zero-order valence-corrected chi connectivity index (χ0v) is 16.9. The number of allylic oxidation sites excluding steroid dienone is 1. The number of hydrogen-bond acceptors (Lipinski definition) is 2. The Morgan fingerprint density at radius 3 is 3.12 bits per heavy atom. The van der Waals surface area contributed by atoms with E-state index >= 15 is 0 Å². The number of thioether (sulfide) groups is 1. The smallest absolute Gasteiger partial charge is 0.0486 e. The second-order valence-corrected chi connectivity index (χ2v) is 9.75. The molecule has 1 aromatic heterocycles. The number of benzene rings is 1. The molecule has 3 aliphatic rings. The first-order valence-corrected chi connectivity index (χ1v) is 11.5. The van der Waals surface area contributed by atoms with Crippen LogP contribution in [0.3, 0.4) is 0 Å². The SMILES string of the molecule is Cc1ccc2c(c1)c1c(n2CCC(C)/C=C2/CCSC2)CN2CCC1C2. The van der Waals surface area contributed by atoms with E-state index in [0.29, 0.717) is 5.92 Å². The molecule has 5 rings (SSSR count). The van der Waals surface area contributed by atoms with Crippen LogP contribution in [0.2, 0.25) is 0 Å². The maximum Gasteiger partial charge on any atom is 0.0486 e. The normalized spacial score (nSPS) is 27.4. The van der Waals surface area contributed by atoms with Crippen LogP contribution in [0, 0.1) is 12.8 Å². The highest BCUT2D eigenvalue weighted by molar-refractivity contribution is 7.99. The first-order valence-electron chi connectivity index (χ1n) is 10.3. The van der Waals surface area contributed by atoms with E-state index in [-0.39, 0.29) is 0 Å². The van der Waals surface area contributed by atoms with Crippen molar-refractivity contribution in [3.8, 4) is 0 Å². The Hall–Kier alpha value is -1.19. The van der Waals surface area contributed by atoms with E-state index in [1.54, 1.807) is 22.2 Å². The third-order valence-corrected chi connectivity index (χ3v) is 7.67. The summed E-state index contributed by atoms with van der Waals surface area (Å²) in [4.78, 5) is 2.66. The van der Waals surface area contributed by atoms with Crippen molar-refractivity contribution in [2.75, 3.05) is 24.6 Å². The highest BCUT2D eigenvalue weighted by Crippen LogP contribution is 2.42. The van der Waals surface area contributed by atoms with Crippen LogP contribution in [-0.2, 0) is 13.1 Å². The summed E-state index contributed by atoms with van der Waals surface area (Å²) < 4.78 is 2.67. The predicted octanol–water partition coefficient (Wildman–Crippen LogP) is 5.34. The molecular weight excluding hydrogens is 336 g/mol. The molecule has 0 N–H and O–H groups in total. The molecule has 3 atom stereocenters. The van der Waals surface area contributed by atoms with Crippen LogP contribution in [0.1, 0.15) is 48.9 Å². The van der Waals surface area contributed by atoms with E-state index < -0.39 is 0 Å². The van der Waals surface area contributed by atoms with Gasteiger partial charge in [0, 0.05) is 47.9 Å². The molecule has 2 fully saturated rings. The summed E-state index contributed by atoms with van der Waals surface area (Å²) in [6.45, 7) is 9.53. The van der Waals surface area contributed by atoms with Gasteiger partial charge >= 0.3 is 0 Å². The summed E-state index contributed by atoms with van der Waals surface area (Å²) in [5.41, 5.74) is 7.87. The Morgan fingerprint density at radius 2 is 2.27 bits per heavy atom. The van der Waals surface area contributed by atoms with Gasteiger partial charge in [0.05, 0.1) is 0 Å². The molecule has 138 valence electrons. The molecule has 2 saturated heterocycles. The molecule has 0 saturated carbocycles. The van der Waals surface area contributed by atoms with Crippen molar-refractivity contribution in [1.82, 2.24) is 9.47 Å². The Labute approximate surface area is 161 Å². The average Bonchev–Trinajstić information content (AvgIpc) is 3.32. The molecule has 0 spiro atoms. The molecule has 3 aliphatic heterocycles. The zero-order valence-electron chi connectivity index (χ0n) is 16.1. The second-order valence-electron chi connectivity index (χ2n) is 8.65. The molecule has 4 heterocycles. The van der Waals surface area contributed by atoms with Gasteiger partial charge in [-0.1, -0.05) is 30.2 Å². The maximum absolute atomic E-state index is 2.67. The number of rotatable bonds is 4. The van der Waals surface area contributed by atoms with E-state index in [9.17, 15) is 0 Å². The molecule has 3 unspecified atom stereocenters. The summed E-state index contributed by atoms with van der Waals surface area (Å²) in [7, 11) is 0. The highest BCUT2D eigenvalue weighted by Gasteiger charge is 2.35. The fraction of sp³-hybridized carbons (Fsp3) is 0.565. The summed E-state index contributed by atoms with van der Waals surface area (Å²) in [6.07, 6.45) is 6.48. The standard InChI is InChI=1S/C23H30N2S/c1-16-3-4-21-20(12-16)23-19-6-8-24(13-19)14-22(23)25(21)9-5-17(2)11-18-7-10-26-15-18/h3-4,11-12,17,19H,5-10,13-15H2,1-2H3/b18-11-. The highest BCUT2D eigenvalue weighted by atomic mass is 32.2. The quantitative estimate of drug-likeness (QED) is 0.675. The lowest BCUT2D eigenvalue weighted by molar-refractivity contribution is 0.303. The fourth-order valence-electron chi connectivity index (χ4n) is 5.28. The third-order valence-electron chi connectivity index (χ3n) is 6.61. The topological polar surface area (TPSA) is 8.17 Å². The lowest BCUT2D eigenvalue weighted by Gasteiger charge is -2.25. The van der Waals surface area contributed by atoms with Gasteiger partial charge in [-0.3, -0.25) is 4.90 Å². The van der Waals surface area contributed by atoms with Crippen LogP contribution >= 0.6 is 11.8 Å². The molecule has 2 nitrogen and oxygen atoms in total. The molecular formula is C23H30N2S. The van der Waals surface area contributed by atoms with Crippen molar-refractivity contribution in [3.63, 3.8) is 0 Å². The Bertz CT molecular complexity index is 855. The zero-order chi connectivity index (χ0) is 17.7. The third kappa shape index (κ3) is 2.93. The van der Waals surface area contributed by atoms with Crippen molar-refractivity contribution in [2.24, 2.45) is 5.92 Å². The summed E-state index contributed by atoms with van der Waals surface area (Å²) in [5.74, 6) is 4.04. The molecule has 2 aromatic rings.